The Labute approximate surface area is 102 Å². The Morgan fingerprint density at radius 3 is 2.29 bits per heavy atom. The van der Waals surface area contributed by atoms with Crippen molar-refractivity contribution in [1.82, 2.24) is 0 Å². The Balaban J connectivity index is 3.03. The Kier molecular flexibility index (Phi) is 4.28. The average molecular weight is 256 g/mol. The number of carbonyl (C=O) groups excluding carboxylic acids is 1. The standard InChI is InChI=1S/C12H16O4S/c1-4-16-12(13)10(3)17(14,15)11-7-5-9(2)6-8-11/h5-8,10H,4H2,1-3H3/t10-/m0/s1. The maximum absolute atomic E-state index is 12.1. The van der Waals surface area contributed by atoms with Crippen LogP contribution >= 0.6 is 0 Å². The van der Waals surface area contributed by atoms with Crippen LogP contribution in [0.25, 0.3) is 0 Å². The van der Waals surface area contributed by atoms with Gasteiger partial charge in [-0.2, -0.15) is 0 Å². The zero-order valence-electron chi connectivity index (χ0n) is 10.1. The van der Waals surface area contributed by atoms with Crippen molar-refractivity contribution in [3.63, 3.8) is 0 Å². The summed E-state index contributed by atoms with van der Waals surface area (Å²) in [6.45, 7) is 5.02. The molecular formula is C12H16O4S. The molecule has 17 heavy (non-hydrogen) atoms. The number of benzene rings is 1. The number of aryl methyl sites for hydroxylation is 1. The van der Waals surface area contributed by atoms with Gasteiger partial charge in [0.15, 0.2) is 15.1 Å². The van der Waals surface area contributed by atoms with E-state index >= 15 is 0 Å². The van der Waals surface area contributed by atoms with E-state index in [0.717, 1.165) is 5.56 Å². The third-order valence-electron chi connectivity index (χ3n) is 2.43. The van der Waals surface area contributed by atoms with E-state index < -0.39 is 21.1 Å². The van der Waals surface area contributed by atoms with Crippen molar-refractivity contribution in [1.29, 1.82) is 0 Å². The molecule has 1 aromatic carbocycles. The molecule has 0 N–H and O–H groups in total. The molecule has 0 bridgehead atoms. The maximum Gasteiger partial charge on any atom is 0.324 e. The van der Waals surface area contributed by atoms with Crippen LogP contribution < -0.4 is 0 Å². The van der Waals surface area contributed by atoms with Crippen molar-refractivity contribution in [3.8, 4) is 0 Å². The van der Waals surface area contributed by atoms with Crippen LogP contribution in [0.3, 0.4) is 0 Å². The van der Waals surface area contributed by atoms with Crippen LogP contribution in [0.5, 0.6) is 0 Å². The monoisotopic (exact) mass is 256 g/mol. The lowest BCUT2D eigenvalue weighted by atomic mass is 10.2. The van der Waals surface area contributed by atoms with Crippen LogP contribution in [-0.2, 0) is 19.4 Å². The summed E-state index contributed by atoms with van der Waals surface area (Å²) in [4.78, 5) is 11.6. The van der Waals surface area contributed by atoms with Gasteiger partial charge in [-0.1, -0.05) is 17.7 Å². The molecule has 0 aliphatic carbocycles. The van der Waals surface area contributed by atoms with E-state index in [-0.39, 0.29) is 11.5 Å². The predicted octanol–water partition coefficient (Wildman–Crippen LogP) is 1.72. The average Bonchev–Trinajstić information content (AvgIpc) is 2.29. The molecule has 1 aromatic rings. The summed E-state index contributed by atoms with van der Waals surface area (Å²) in [6.07, 6.45) is 0. The third kappa shape index (κ3) is 3.06. The second-order valence-corrected chi connectivity index (χ2v) is 6.02. The molecule has 5 heteroatoms. The Bertz CT molecular complexity index is 488. The fourth-order valence-electron chi connectivity index (χ4n) is 1.32. The topological polar surface area (TPSA) is 60.4 Å². The first-order chi connectivity index (χ1) is 7.89. The lowest BCUT2D eigenvalue weighted by Crippen LogP contribution is -2.29. The molecule has 1 atom stereocenters. The first-order valence-electron chi connectivity index (χ1n) is 5.36. The molecule has 0 spiro atoms. The summed E-state index contributed by atoms with van der Waals surface area (Å²) in [6, 6.07) is 6.40. The van der Waals surface area contributed by atoms with Gasteiger partial charge in [-0.3, -0.25) is 4.79 Å². The molecule has 0 unspecified atom stereocenters. The molecule has 0 saturated heterocycles. The predicted molar refractivity (Wildman–Crippen MR) is 64.5 cm³/mol. The van der Waals surface area contributed by atoms with E-state index in [1.54, 1.807) is 19.1 Å². The van der Waals surface area contributed by atoms with Crippen molar-refractivity contribution in [2.24, 2.45) is 0 Å². The molecule has 0 radical (unpaired) electrons. The van der Waals surface area contributed by atoms with Crippen molar-refractivity contribution in [3.05, 3.63) is 29.8 Å². The van der Waals surface area contributed by atoms with E-state index in [1.807, 2.05) is 6.92 Å². The highest BCUT2D eigenvalue weighted by Gasteiger charge is 2.30. The van der Waals surface area contributed by atoms with Gasteiger partial charge in [0.1, 0.15) is 0 Å². The number of rotatable bonds is 4. The summed E-state index contributed by atoms with van der Waals surface area (Å²) < 4.78 is 28.8. The van der Waals surface area contributed by atoms with E-state index in [9.17, 15) is 13.2 Å². The smallest absolute Gasteiger partial charge is 0.324 e. The van der Waals surface area contributed by atoms with Crippen LogP contribution in [0.2, 0.25) is 0 Å². The highest BCUT2D eigenvalue weighted by atomic mass is 32.2. The van der Waals surface area contributed by atoms with Gasteiger partial charge in [0, 0.05) is 0 Å². The van der Waals surface area contributed by atoms with Gasteiger partial charge >= 0.3 is 5.97 Å². The minimum Gasteiger partial charge on any atom is -0.465 e. The molecular weight excluding hydrogens is 240 g/mol. The summed E-state index contributed by atoms with van der Waals surface area (Å²) in [7, 11) is -3.65. The van der Waals surface area contributed by atoms with Gasteiger partial charge in [-0.25, -0.2) is 8.42 Å². The number of ether oxygens (including phenoxy) is 1. The number of hydrogen-bond donors (Lipinski definition) is 0. The number of carbonyl (C=O) groups is 1. The zero-order valence-corrected chi connectivity index (χ0v) is 11.0. The summed E-state index contributed by atoms with van der Waals surface area (Å²) in [5, 5.41) is -1.18. The molecule has 94 valence electrons. The van der Waals surface area contributed by atoms with Gasteiger partial charge in [0.25, 0.3) is 0 Å². The molecule has 0 aliphatic heterocycles. The van der Waals surface area contributed by atoms with E-state index in [1.165, 1.54) is 19.1 Å². The van der Waals surface area contributed by atoms with E-state index in [0.29, 0.717) is 0 Å². The van der Waals surface area contributed by atoms with Crippen molar-refractivity contribution < 1.29 is 17.9 Å². The molecule has 1 rings (SSSR count). The normalized spacial score (nSPS) is 13.1. The molecule has 4 nitrogen and oxygen atoms in total. The second kappa shape index (κ2) is 5.31. The summed E-state index contributed by atoms with van der Waals surface area (Å²) >= 11 is 0. The van der Waals surface area contributed by atoms with Crippen LogP contribution in [0, 0.1) is 6.92 Å². The fourth-order valence-corrected chi connectivity index (χ4v) is 2.56. The number of hydrogen-bond acceptors (Lipinski definition) is 4. The van der Waals surface area contributed by atoms with Gasteiger partial charge in [0.2, 0.25) is 0 Å². The lowest BCUT2D eigenvalue weighted by Gasteiger charge is -2.11. The van der Waals surface area contributed by atoms with Crippen LogP contribution in [0.4, 0.5) is 0 Å². The molecule has 0 aromatic heterocycles. The van der Waals surface area contributed by atoms with Gasteiger partial charge in [-0.05, 0) is 32.9 Å². The minimum absolute atomic E-state index is 0.142. The van der Waals surface area contributed by atoms with Crippen LogP contribution in [0.1, 0.15) is 19.4 Å². The Hall–Kier alpha value is -1.36. The van der Waals surface area contributed by atoms with Crippen molar-refractivity contribution in [2.75, 3.05) is 6.61 Å². The SMILES string of the molecule is CCOC(=O)[C@H](C)S(=O)(=O)c1ccc(C)cc1. The molecule has 0 aliphatic rings. The van der Waals surface area contributed by atoms with Crippen LogP contribution in [-0.4, -0.2) is 26.2 Å². The maximum atomic E-state index is 12.1. The molecule has 0 amide bonds. The number of esters is 1. The summed E-state index contributed by atoms with van der Waals surface area (Å²) in [5.41, 5.74) is 0.965. The largest absolute Gasteiger partial charge is 0.465 e. The Morgan fingerprint density at radius 1 is 1.29 bits per heavy atom. The third-order valence-corrected chi connectivity index (χ3v) is 4.49. The second-order valence-electron chi connectivity index (χ2n) is 3.75. The molecule has 0 saturated carbocycles. The summed E-state index contributed by atoms with van der Waals surface area (Å²) in [5.74, 6) is -0.715. The van der Waals surface area contributed by atoms with Gasteiger partial charge in [-0.15, -0.1) is 0 Å². The van der Waals surface area contributed by atoms with Crippen molar-refractivity contribution in [2.45, 2.75) is 30.9 Å². The van der Waals surface area contributed by atoms with Gasteiger partial charge < -0.3 is 4.74 Å². The number of sulfone groups is 1. The first kappa shape index (κ1) is 13.7. The zero-order chi connectivity index (χ0) is 13.1. The van der Waals surface area contributed by atoms with Crippen molar-refractivity contribution >= 4 is 15.8 Å². The van der Waals surface area contributed by atoms with E-state index in [2.05, 4.69) is 0 Å². The highest BCUT2D eigenvalue weighted by molar-refractivity contribution is 7.92. The fraction of sp³-hybridized carbons (Fsp3) is 0.417. The highest BCUT2D eigenvalue weighted by Crippen LogP contribution is 2.17. The Morgan fingerprint density at radius 2 is 1.82 bits per heavy atom. The minimum atomic E-state index is -3.65. The molecule has 0 heterocycles. The quantitative estimate of drug-likeness (QED) is 0.770. The first-order valence-corrected chi connectivity index (χ1v) is 6.91. The van der Waals surface area contributed by atoms with Gasteiger partial charge in [0.05, 0.1) is 11.5 Å². The molecule has 0 fully saturated rings. The van der Waals surface area contributed by atoms with E-state index in [4.69, 9.17) is 4.74 Å². The lowest BCUT2D eigenvalue weighted by molar-refractivity contribution is -0.142. The van der Waals surface area contributed by atoms with Crippen LogP contribution in [0.15, 0.2) is 29.2 Å².